The molecule has 0 aromatic carbocycles. The lowest BCUT2D eigenvalue weighted by Gasteiger charge is -2.16. The van der Waals surface area contributed by atoms with Gasteiger partial charge in [0.15, 0.2) is 0 Å². The summed E-state index contributed by atoms with van der Waals surface area (Å²) in [5.74, 6) is 0.537. The first kappa shape index (κ1) is 11.7. The van der Waals surface area contributed by atoms with Crippen LogP contribution in [0.25, 0.3) is 0 Å². The second-order valence-corrected chi connectivity index (χ2v) is 5.94. The van der Waals surface area contributed by atoms with E-state index in [1.165, 1.54) is 11.3 Å². The van der Waals surface area contributed by atoms with E-state index in [0.717, 1.165) is 30.7 Å². The third-order valence-corrected chi connectivity index (χ3v) is 4.38. The Bertz CT molecular complexity index is 454. The Kier molecular flexibility index (Phi) is 3.07. The lowest BCUT2D eigenvalue weighted by molar-refractivity contribution is -0.131. The molecule has 0 bridgehead atoms. The van der Waals surface area contributed by atoms with Crippen molar-refractivity contribution < 1.29 is 9.59 Å². The molecule has 0 spiro atoms. The van der Waals surface area contributed by atoms with Crippen LogP contribution in [0.15, 0.2) is 17.5 Å². The van der Waals surface area contributed by atoms with Crippen molar-refractivity contribution in [1.29, 1.82) is 0 Å². The highest BCUT2D eigenvalue weighted by atomic mass is 32.1. The molecule has 2 heterocycles. The van der Waals surface area contributed by atoms with E-state index in [-0.39, 0.29) is 23.8 Å². The van der Waals surface area contributed by atoms with Crippen molar-refractivity contribution in [2.75, 3.05) is 13.1 Å². The minimum absolute atomic E-state index is 0.0179. The van der Waals surface area contributed by atoms with Crippen LogP contribution >= 0.6 is 11.3 Å². The predicted octanol–water partition coefficient (Wildman–Crippen LogP) is 1.49. The van der Waals surface area contributed by atoms with Crippen molar-refractivity contribution in [1.82, 2.24) is 10.2 Å². The maximum absolute atomic E-state index is 11.9. The maximum Gasteiger partial charge on any atom is 0.261 e. The number of likely N-dealkylation sites (tertiary alicyclic amines) is 1. The van der Waals surface area contributed by atoms with E-state index >= 15 is 0 Å². The van der Waals surface area contributed by atoms with E-state index in [9.17, 15) is 9.59 Å². The molecule has 4 nitrogen and oxygen atoms in total. The Morgan fingerprint density at radius 3 is 2.83 bits per heavy atom. The molecule has 1 aliphatic carbocycles. The number of nitrogens with zero attached hydrogens (tertiary/aromatic N) is 1. The van der Waals surface area contributed by atoms with E-state index in [1.54, 1.807) is 0 Å². The number of nitrogens with one attached hydrogen (secondary N) is 1. The van der Waals surface area contributed by atoms with Gasteiger partial charge in [0.2, 0.25) is 5.91 Å². The monoisotopic (exact) mass is 264 g/mol. The third-order valence-electron chi connectivity index (χ3n) is 3.51. The lowest BCUT2D eigenvalue weighted by Crippen LogP contribution is -2.38. The predicted molar refractivity (Wildman–Crippen MR) is 69.5 cm³/mol. The van der Waals surface area contributed by atoms with Crippen LogP contribution in [0.5, 0.6) is 0 Å². The Morgan fingerprint density at radius 2 is 2.17 bits per heavy atom. The Morgan fingerprint density at radius 1 is 1.33 bits per heavy atom. The fraction of sp³-hybridized carbons (Fsp3) is 0.538. The van der Waals surface area contributed by atoms with Crippen LogP contribution in [0.3, 0.4) is 0 Å². The highest BCUT2D eigenvalue weighted by Crippen LogP contribution is 2.32. The summed E-state index contributed by atoms with van der Waals surface area (Å²) in [5, 5.41) is 4.90. The SMILES string of the molecule is O=C(NC1CCN(C(=O)C2CC2)C1)c1cccs1. The number of carbonyl (C=O) groups is 2. The summed E-state index contributed by atoms with van der Waals surface area (Å²) in [7, 11) is 0. The van der Waals surface area contributed by atoms with Crippen molar-refractivity contribution in [2.45, 2.75) is 25.3 Å². The first-order chi connectivity index (χ1) is 8.74. The molecular weight excluding hydrogens is 248 g/mol. The van der Waals surface area contributed by atoms with Crippen molar-refractivity contribution in [3.63, 3.8) is 0 Å². The van der Waals surface area contributed by atoms with E-state index in [0.29, 0.717) is 6.54 Å². The van der Waals surface area contributed by atoms with Gasteiger partial charge in [0.1, 0.15) is 0 Å². The highest BCUT2D eigenvalue weighted by Gasteiger charge is 2.36. The maximum atomic E-state index is 11.9. The molecule has 2 fully saturated rings. The van der Waals surface area contributed by atoms with E-state index in [2.05, 4.69) is 5.32 Å². The van der Waals surface area contributed by atoms with Crippen molar-refractivity contribution in [3.8, 4) is 0 Å². The summed E-state index contributed by atoms with van der Waals surface area (Å²) >= 11 is 1.44. The van der Waals surface area contributed by atoms with Crippen molar-refractivity contribution in [3.05, 3.63) is 22.4 Å². The number of carbonyl (C=O) groups excluding carboxylic acids is 2. The molecular formula is C13H16N2O2S. The zero-order chi connectivity index (χ0) is 12.5. The lowest BCUT2D eigenvalue weighted by atomic mass is 10.2. The van der Waals surface area contributed by atoms with E-state index < -0.39 is 0 Å². The minimum Gasteiger partial charge on any atom is -0.347 e. The molecule has 1 aliphatic heterocycles. The number of amides is 2. The number of thiophene rings is 1. The summed E-state index contributed by atoms with van der Waals surface area (Å²) in [4.78, 5) is 26.4. The molecule has 5 heteroatoms. The van der Waals surface area contributed by atoms with Crippen LogP contribution in [0.2, 0.25) is 0 Å². The molecule has 18 heavy (non-hydrogen) atoms. The van der Waals surface area contributed by atoms with E-state index in [4.69, 9.17) is 0 Å². The fourth-order valence-corrected chi connectivity index (χ4v) is 2.96. The van der Waals surface area contributed by atoms with Gasteiger partial charge in [0, 0.05) is 25.0 Å². The smallest absolute Gasteiger partial charge is 0.261 e. The van der Waals surface area contributed by atoms with Gasteiger partial charge in [0.25, 0.3) is 5.91 Å². The van der Waals surface area contributed by atoms with Crippen LogP contribution in [0, 0.1) is 5.92 Å². The van der Waals surface area contributed by atoms with Crippen LogP contribution in [0.4, 0.5) is 0 Å². The Hall–Kier alpha value is -1.36. The molecule has 96 valence electrons. The normalized spacial score (nSPS) is 23.1. The molecule has 1 N–H and O–H groups in total. The molecule has 1 atom stereocenters. The van der Waals surface area contributed by atoms with Crippen LogP contribution in [-0.2, 0) is 4.79 Å². The van der Waals surface area contributed by atoms with Gasteiger partial charge in [0.05, 0.1) is 4.88 Å². The van der Waals surface area contributed by atoms with Gasteiger partial charge in [-0.15, -0.1) is 11.3 Å². The molecule has 1 aromatic rings. The molecule has 1 unspecified atom stereocenters. The molecule has 2 aliphatic rings. The summed E-state index contributed by atoms with van der Waals surface area (Å²) in [6, 6.07) is 3.81. The first-order valence-corrected chi connectivity index (χ1v) is 7.25. The fourth-order valence-electron chi connectivity index (χ4n) is 2.33. The first-order valence-electron chi connectivity index (χ1n) is 6.37. The van der Waals surface area contributed by atoms with Gasteiger partial charge in [-0.1, -0.05) is 6.07 Å². The molecule has 3 rings (SSSR count). The Labute approximate surface area is 110 Å². The minimum atomic E-state index is -0.0179. The average Bonchev–Trinajstić information content (AvgIpc) is 2.90. The molecule has 1 saturated heterocycles. The second kappa shape index (κ2) is 4.72. The zero-order valence-corrected chi connectivity index (χ0v) is 10.9. The topological polar surface area (TPSA) is 49.4 Å². The van der Waals surface area contributed by atoms with Gasteiger partial charge in [-0.3, -0.25) is 9.59 Å². The number of hydrogen-bond acceptors (Lipinski definition) is 3. The van der Waals surface area contributed by atoms with E-state index in [1.807, 2.05) is 22.4 Å². The molecule has 0 radical (unpaired) electrons. The molecule has 1 saturated carbocycles. The summed E-state index contributed by atoms with van der Waals surface area (Å²) in [6.07, 6.45) is 2.96. The van der Waals surface area contributed by atoms with Crippen LogP contribution in [-0.4, -0.2) is 35.8 Å². The largest absolute Gasteiger partial charge is 0.347 e. The number of rotatable bonds is 3. The standard InChI is InChI=1S/C13H16N2O2S/c16-12(11-2-1-7-18-11)14-10-5-6-15(8-10)13(17)9-3-4-9/h1-2,7,9-10H,3-6,8H2,(H,14,16). The van der Waals surface area contributed by atoms with Gasteiger partial charge in [-0.25, -0.2) is 0 Å². The number of hydrogen-bond donors (Lipinski definition) is 1. The van der Waals surface area contributed by atoms with Gasteiger partial charge in [-0.2, -0.15) is 0 Å². The molecule has 2 amide bonds. The van der Waals surface area contributed by atoms with Gasteiger partial charge < -0.3 is 10.2 Å². The summed E-state index contributed by atoms with van der Waals surface area (Å²) in [6.45, 7) is 1.46. The van der Waals surface area contributed by atoms with Crippen LogP contribution < -0.4 is 5.32 Å². The van der Waals surface area contributed by atoms with Gasteiger partial charge >= 0.3 is 0 Å². The zero-order valence-electron chi connectivity index (χ0n) is 10.1. The Balaban J connectivity index is 1.53. The highest BCUT2D eigenvalue weighted by molar-refractivity contribution is 7.12. The average molecular weight is 264 g/mol. The quantitative estimate of drug-likeness (QED) is 0.899. The summed E-state index contributed by atoms with van der Waals surface area (Å²) < 4.78 is 0. The van der Waals surface area contributed by atoms with Crippen LogP contribution in [0.1, 0.15) is 28.9 Å². The molecule has 1 aromatic heterocycles. The van der Waals surface area contributed by atoms with Crippen molar-refractivity contribution in [2.24, 2.45) is 5.92 Å². The van der Waals surface area contributed by atoms with Crippen molar-refractivity contribution >= 4 is 23.2 Å². The third kappa shape index (κ3) is 2.41. The second-order valence-electron chi connectivity index (χ2n) is 4.99. The van der Waals surface area contributed by atoms with Gasteiger partial charge in [-0.05, 0) is 30.7 Å². The summed E-state index contributed by atoms with van der Waals surface area (Å²) in [5.41, 5.74) is 0.